The molecule has 1 aromatic rings. The van der Waals surface area contributed by atoms with Crippen LogP contribution in [0.1, 0.15) is 36.8 Å². The summed E-state index contributed by atoms with van der Waals surface area (Å²) in [5.74, 6) is 1.55. The van der Waals surface area contributed by atoms with Gasteiger partial charge in [-0.15, -0.1) is 0 Å². The molecule has 4 heteroatoms. The van der Waals surface area contributed by atoms with Gasteiger partial charge in [0.05, 0.1) is 5.54 Å². The van der Waals surface area contributed by atoms with Gasteiger partial charge in [-0.05, 0) is 43.0 Å². The van der Waals surface area contributed by atoms with Gasteiger partial charge < -0.3 is 9.47 Å². The maximum atomic E-state index is 10.8. The van der Waals surface area contributed by atoms with Crippen LogP contribution in [0.5, 0.6) is 11.5 Å². The third-order valence-electron chi connectivity index (χ3n) is 4.08. The van der Waals surface area contributed by atoms with E-state index in [-0.39, 0.29) is 0 Å². The quantitative estimate of drug-likeness (QED) is 0.606. The number of aliphatic imine (C=N–C) groups is 1. The number of benzene rings is 1. The monoisotopic (exact) mass is 259 g/mol. The van der Waals surface area contributed by atoms with Crippen molar-refractivity contribution in [2.75, 3.05) is 13.2 Å². The Morgan fingerprint density at radius 1 is 1.16 bits per heavy atom. The SMILES string of the molecule is Cc1cc2c(cc1C1(N=C=O)CCCC1)OCCO2. The third-order valence-corrected chi connectivity index (χ3v) is 4.08. The Kier molecular flexibility index (Phi) is 3.03. The van der Waals surface area contributed by atoms with E-state index in [1.807, 2.05) is 19.1 Å². The molecule has 1 saturated carbocycles. The molecule has 0 atom stereocenters. The minimum atomic E-state index is -0.401. The molecule has 0 radical (unpaired) electrons. The van der Waals surface area contributed by atoms with Crippen LogP contribution in [0.3, 0.4) is 0 Å². The zero-order chi connectivity index (χ0) is 13.3. The van der Waals surface area contributed by atoms with Crippen LogP contribution in [0, 0.1) is 6.92 Å². The van der Waals surface area contributed by atoms with Gasteiger partial charge in [0.2, 0.25) is 6.08 Å². The smallest absolute Gasteiger partial charge is 0.235 e. The summed E-state index contributed by atoms with van der Waals surface area (Å²) in [4.78, 5) is 14.9. The van der Waals surface area contributed by atoms with Gasteiger partial charge >= 0.3 is 0 Å². The molecule has 0 aromatic heterocycles. The zero-order valence-corrected chi connectivity index (χ0v) is 11.1. The molecule has 0 N–H and O–H groups in total. The number of isocyanates is 1. The average Bonchev–Trinajstić information content (AvgIpc) is 2.88. The molecule has 1 aliphatic carbocycles. The Hall–Kier alpha value is -1.80. The summed E-state index contributed by atoms with van der Waals surface area (Å²) in [5, 5.41) is 0. The molecule has 19 heavy (non-hydrogen) atoms. The maximum Gasteiger partial charge on any atom is 0.235 e. The van der Waals surface area contributed by atoms with Gasteiger partial charge in [0, 0.05) is 0 Å². The van der Waals surface area contributed by atoms with Crippen molar-refractivity contribution in [2.45, 2.75) is 38.1 Å². The van der Waals surface area contributed by atoms with E-state index >= 15 is 0 Å². The van der Waals surface area contributed by atoms with E-state index in [1.54, 1.807) is 6.08 Å². The highest BCUT2D eigenvalue weighted by Crippen LogP contribution is 2.46. The molecule has 0 bridgehead atoms. The van der Waals surface area contributed by atoms with Crippen LogP contribution >= 0.6 is 0 Å². The summed E-state index contributed by atoms with van der Waals surface area (Å²) >= 11 is 0. The molecule has 4 nitrogen and oxygen atoms in total. The molecule has 1 fully saturated rings. The largest absolute Gasteiger partial charge is 0.486 e. The minimum absolute atomic E-state index is 0.401. The second kappa shape index (κ2) is 4.71. The third kappa shape index (κ3) is 2.02. The van der Waals surface area contributed by atoms with Gasteiger partial charge in [-0.3, -0.25) is 0 Å². The van der Waals surface area contributed by atoms with Gasteiger partial charge in [-0.2, -0.15) is 4.99 Å². The standard InChI is InChI=1S/C15H17NO3/c1-11-8-13-14(19-7-6-18-13)9-12(11)15(16-10-17)4-2-3-5-15/h8-9H,2-7H2,1H3. The molecule has 1 aromatic carbocycles. The van der Waals surface area contributed by atoms with E-state index in [0.29, 0.717) is 13.2 Å². The van der Waals surface area contributed by atoms with E-state index in [2.05, 4.69) is 4.99 Å². The Bertz CT molecular complexity index is 541. The summed E-state index contributed by atoms with van der Waals surface area (Å²) in [6.07, 6.45) is 5.76. The molecule has 0 unspecified atom stereocenters. The van der Waals surface area contributed by atoms with Gasteiger partial charge in [0.15, 0.2) is 11.5 Å². The first kappa shape index (κ1) is 12.2. The molecule has 0 saturated heterocycles. The summed E-state index contributed by atoms with van der Waals surface area (Å²) < 4.78 is 11.2. The minimum Gasteiger partial charge on any atom is -0.486 e. The van der Waals surface area contributed by atoms with Crippen LogP contribution in [0.15, 0.2) is 17.1 Å². The number of ether oxygens (including phenoxy) is 2. The Morgan fingerprint density at radius 2 is 1.79 bits per heavy atom. The van der Waals surface area contributed by atoms with Crippen molar-refractivity contribution in [1.82, 2.24) is 0 Å². The lowest BCUT2D eigenvalue weighted by atomic mass is 9.85. The number of carbonyl (C=O) groups excluding carboxylic acids is 1. The first-order valence-corrected chi connectivity index (χ1v) is 6.75. The lowest BCUT2D eigenvalue weighted by Gasteiger charge is -2.27. The van der Waals surface area contributed by atoms with Crippen molar-refractivity contribution >= 4 is 6.08 Å². The van der Waals surface area contributed by atoms with Gasteiger partial charge in [0.1, 0.15) is 13.2 Å². The second-order valence-electron chi connectivity index (χ2n) is 5.25. The van der Waals surface area contributed by atoms with Crippen molar-refractivity contribution in [3.63, 3.8) is 0 Å². The number of hydrogen-bond acceptors (Lipinski definition) is 4. The van der Waals surface area contributed by atoms with Crippen molar-refractivity contribution in [3.8, 4) is 11.5 Å². The maximum absolute atomic E-state index is 10.8. The Morgan fingerprint density at radius 3 is 2.42 bits per heavy atom. The van der Waals surface area contributed by atoms with Crippen LogP contribution in [0.2, 0.25) is 0 Å². The van der Waals surface area contributed by atoms with Gasteiger partial charge in [-0.25, -0.2) is 4.79 Å². The highest BCUT2D eigenvalue weighted by atomic mass is 16.6. The van der Waals surface area contributed by atoms with Crippen molar-refractivity contribution in [1.29, 1.82) is 0 Å². The van der Waals surface area contributed by atoms with Crippen LogP contribution in [-0.2, 0) is 10.3 Å². The van der Waals surface area contributed by atoms with Crippen LogP contribution in [0.25, 0.3) is 0 Å². The van der Waals surface area contributed by atoms with Crippen LogP contribution < -0.4 is 9.47 Å². The summed E-state index contributed by atoms with van der Waals surface area (Å²) in [5.41, 5.74) is 1.78. The molecule has 0 spiro atoms. The molecule has 0 amide bonds. The van der Waals surface area contributed by atoms with E-state index in [9.17, 15) is 4.79 Å². The number of hydrogen-bond donors (Lipinski definition) is 0. The lowest BCUT2D eigenvalue weighted by molar-refractivity contribution is 0.171. The number of nitrogens with zero attached hydrogens (tertiary/aromatic N) is 1. The number of fused-ring (bicyclic) bond motifs is 1. The first-order chi connectivity index (χ1) is 9.25. The second-order valence-corrected chi connectivity index (χ2v) is 5.25. The van der Waals surface area contributed by atoms with E-state index in [4.69, 9.17) is 9.47 Å². The van der Waals surface area contributed by atoms with Gasteiger partial charge in [-0.1, -0.05) is 12.8 Å². The highest BCUT2D eigenvalue weighted by molar-refractivity contribution is 5.51. The predicted molar refractivity (Wildman–Crippen MR) is 70.4 cm³/mol. The van der Waals surface area contributed by atoms with E-state index < -0.39 is 5.54 Å². The van der Waals surface area contributed by atoms with E-state index in [0.717, 1.165) is 48.3 Å². The molecule has 100 valence electrons. The zero-order valence-electron chi connectivity index (χ0n) is 11.1. The van der Waals surface area contributed by atoms with E-state index in [1.165, 1.54) is 0 Å². The molecule has 2 aliphatic rings. The molecule has 1 heterocycles. The van der Waals surface area contributed by atoms with Crippen LogP contribution in [-0.4, -0.2) is 19.3 Å². The first-order valence-electron chi connectivity index (χ1n) is 6.75. The summed E-state index contributed by atoms with van der Waals surface area (Å²) in [7, 11) is 0. The average molecular weight is 259 g/mol. The fourth-order valence-corrected chi connectivity index (χ4v) is 3.18. The molecular formula is C15H17NO3. The van der Waals surface area contributed by atoms with Crippen molar-refractivity contribution < 1.29 is 14.3 Å². The summed E-state index contributed by atoms with van der Waals surface area (Å²) in [6, 6.07) is 3.99. The fraction of sp³-hybridized carbons (Fsp3) is 0.533. The fourth-order valence-electron chi connectivity index (χ4n) is 3.18. The molecule has 1 aliphatic heterocycles. The highest BCUT2D eigenvalue weighted by Gasteiger charge is 2.37. The molecule has 3 rings (SSSR count). The summed E-state index contributed by atoms with van der Waals surface area (Å²) in [6.45, 7) is 3.19. The topological polar surface area (TPSA) is 47.9 Å². The van der Waals surface area contributed by atoms with Gasteiger partial charge in [0.25, 0.3) is 0 Å². The number of rotatable bonds is 2. The Balaban J connectivity index is 2.10. The van der Waals surface area contributed by atoms with Crippen LogP contribution in [0.4, 0.5) is 0 Å². The van der Waals surface area contributed by atoms with Crippen molar-refractivity contribution in [3.05, 3.63) is 23.3 Å². The number of aryl methyl sites for hydroxylation is 1. The lowest BCUT2D eigenvalue weighted by Crippen LogP contribution is -2.22. The normalized spacial score (nSPS) is 19.8. The van der Waals surface area contributed by atoms with Crippen molar-refractivity contribution in [2.24, 2.45) is 4.99 Å². The Labute approximate surface area is 112 Å². The molecular weight excluding hydrogens is 242 g/mol. The predicted octanol–water partition coefficient (Wildman–Crippen LogP) is 2.87.